The first-order valence-electron chi connectivity index (χ1n) is 11.1. The Labute approximate surface area is 226 Å². The highest BCUT2D eigenvalue weighted by Gasteiger charge is 2.34. The van der Waals surface area contributed by atoms with Crippen LogP contribution in [-0.4, -0.2) is 30.9 Å². The minimum Gasteiger partial charge on any atom is -0.493 e. The van der Waals surface area contributed by atoms with Gasteiger partial charge in [-0.15, -0.1) is 0 Å². The summed E-state index contributed by atoms with van der Waals surface area (Å²) in [4.78, 5) is 31.7. The molecule has 1 aliphatic heterocycles. The number of hydrogen-bond donors (Lipinski definition) is 0. The zero-order valence-corrected chi connectivity index (χ0v) is 22.4. The van der Waals surface area contributed by atoms with Crippen LogP contribution in [0.2, 0.25) is 10.0 Å². The molecule has 11 heteroatoms. The van der Waals surface area contributed by atoms with Crippen LogP contribution in [0.25, 0.3) is 6.08 Å². The fraction of sp³-hybridized carbons (Fsp3) is 0.231. The highest BCUT2D eigenvalue weighted by molar-refractivity contribution is 7.07. The second-order valence-electron chi connectivity index (χ2n) is 7.80. The van der Waals surface area contributed by atoms with Crippen molar-refractivity contribution in [2.75, 3.05) is 20.3 Å². The number of esters is 1. The number of hydrogen-bond acceptors (Lipinski definition) is 8. The SMILES string of the molecule is CCOC(=O)C1=C(C)N=c2s/c(=C\c3ccc(OCC#N)c(OC)c3)c(=O)n2[C@@H]1c1cccc(Cl)c1Cl. The van der Waals surface area contributed by atoms with Crippen LogP contribution >= 0.6 is 34.5 Å². The average Bonchev–Trinajstić information content (AvgIpc) is 3.18. The molecule has 0 saturated carbocycles. The van der Waals surface area contributed by atoms with Gasteiger partial charge in [-0.1, -0.05) is 52.7 Å². The van der Waals surface area contributed by atoms with E-state index in [4.69, 9.17) is 42.7 Å². The fourth-order valence-electron chi connectivity index (χ4n) is 3.97. The van der Waals surface area contributed by atoms with Crippen molar-refractivity contribution in [1.82, 2.24) is 4.57 Å². The number of aromatic nitrogens is 1. The van der Waals surface area contributed by atoms with Gasteiger partial charge in [0, 0.05) is 5.56 Å². The summed E-state index contributed by atoms with van der Waals surface area (Å²) in [5.41, 5.74) is 1.44. The van der Waals surface area contributed by atoms with Gasteiger partial charge in [0.15, 0.2) is 22.9 Å². The van der Waals surface area contributed by atoms with E-state index in [1.807, 2.05) is 6.07 Å². The number of methoxy groups -OCH3 is 1. The lowest BCUT2D eigenvalue weighted by molar-refractivity contribution is -0.139. The maximum atomic E-state index is 13.7. The van der Waals surface area contributed by atoms with Crippen LogP contribution in [0.1, 0.15) is 31.0 Å². The van der Waals surface area contributed by atoms with Crippen LogP contribution in [-0.2, 0) is 9.53 Å². The molecule has 0 unspecified atom stereocenters. The Hall–Kier alpha value is -3.58. The van der Waals surface area contributed by atoms with Crippen molar-refractivity contribution >= 4 is 46.6 Å². The van der Waals surface area contributed by atoms with Gasteiger partial charge in [-0.05, 0) is 43.7 Å². The van der Waals surface area contributed by atoms with Crippen LogP contribution in [0.4, 0.5) is 0 Å². The number of nitriles is 1. The number of ether oxygens (including phenoxy) is 3. The molecule has 190 valence electrons. The van der Waals surface area contributed by atoms with Crippen LogP contribution in [0.15, 0.2) is 57.5 Å². The molecule has 0 spiro atoms. The number of halogens is 2. The van der Waals surface area contributed by atoms with E-state index in [0.29, 0.717) is 42.7 Å². The maximum absolute atomic E-state index is 13.7. The maximum Gasteiger partial charge on any atom is 0.338 e. The van der Waals surface area contributed by atoms with Crippen molar-refractivity contribution < 1.29 is 19.0 Å². The molecule has 2 heterocycles. The Morgan fingerprint density at radius 3 is 2.76 bits per heavy atom. The molecule has 3 aromatic rings. The van der Waals surface area contributed by atoms with Gasteiger partial charge in [0.2, 0.25) is 0 Å². The molecule has 0 fully saturated rings. The lowest BCUT2D eigenvalue weighted by Crippen LogP contribution is -2.40. The van der Waals surface area contributed by atoms with Gasteiger partial charge in [-0.2, -0.15) is 5.26 Å². The average molecular weight is 558 g/mol. The highest BCUT2D eigenvalue weighted by atomic mass is 35.5. The van der Waals surface area contributed by atoms with Crippen LogP contribution in [0.5, 0.6) is 11.5 Å². The lowest BCUT2D eigenvalue weighted by atomic mass is 9.96. The van der Waals surface area contributed by atoms with Gasteiger partial charge in [0.1, 0.15) is 12.1 Å². The summed E-state index contributed by atoms with van der Waals surface area (Å²) in [5.74, 6) is 0.241. The van der Waals surface area contributed by atoms with Gasteiger partial charge in [-0.25, -0.2) is 9.79 Å². The number of carbonyl (C=O) groups excluding carboxylic acids is 1. The largest absolute Gasteiger partial charge is 0.493 e. The Morgan fingerprint density at radius 2 is 2.05 bits per heavy atom. The molecule has 0 radical (unpaired) electrons. The first-order valence-corrected chi connectivity index (χ1v) is 12.7. The molecular formula is C26H21Cl2N3O5S. The van der Waals surface area contributed by atoms with E-state index in [1.54, 1.807) is 56.3 Å². The van der Waals surface area contributed by atoms with Crippen molar-refractivity contribution in [2.24, 2.45) is 4.99 Å². The van der Waals surface area contributed by atoms with E-state index >= 15 is 0 Å². The normalized spacial score (nSPS) is 15.0. The minimum absolute atomic E-state index is 0.123. The first kappa shape index (κ1) is 26.5. The molecule has 1 aliphatic rings. The van der Waals surface area contributed by atoms with Crippen LogP contribution in [0.3, 0.4) is 0 Å². The second-order valence-corrected chi connectivity index (χ2v) is 9.60. The van der Waals surface area contributed by atoms with Gasteiger partial charge in [-0.3, -0.25) is 9.36 Å². The Morgan fingerprint density at radius 1 is 1.27 bits per heavy atom. The molecule has 0 amide bonds. The molecule has 8 nitrogen and oxygen atoms in total. The summed E-state index contributed by atoms with van der Waals surface area (Å²) in [6, 6.07) is 11.2. The second kappa shape index (κ2) is 11.2. The van der Waals surface area contributed by atoms with Gasteiger partial charge < -0.3 is 14.2 Å². The van der Waals surface area contributed by atoms with Crippen LogP contribution < -0.4 is 24.4 Å². The van der Waals surface area contributed by atoms with E-state index in [-0.39, 0.29) is 29.4 Å². The quantitative estimate of drug-likeness (QED) is 0.406. The summed E-state index contributed by atoms with van der Waals surface area (Å²) in [6.45, 7) is 3.43. The molecule has 37 heavy (non-hydrogen) atoms. The molecule has 2 aromatic carbocycles. The predicted octanol–water partition coefficient (Wildman–Crippen LogP) is 4.02. The molecule has 0 bridgehead atoms. The first-order chi connectivity index (χ1) is 17.8. The monoisotopic (exact) mass is 557 g/mol. The summed E-state index contributed by atoms with van der Waals surface area (Å²) < 4.78 is 17.9. The van der Waals surface area contributed by atoms with E-state index in [2.05, 4.69) is 4.99 Å². The summed E-state index contributed by atoms with van der Waals surface area (Å²) in [6.07, 6.45) is 1.69. The Bertz CT molecular complexity index is 1630. The summed E-state index contributed by atoms with van der Waals surface area (Å²) in [5, 5.41) is 9.30. The van der Waals surface area contributed by atoms with Gasteiger partial charge in [0.05, 0.1) is 39.6 Å². The van der Waals surface area contributed by atoms with E-state index in [9.17, 15) is 9.59 Å². The molecule has 4 rings (SSSR count). The molecule has 0 aliphatic carbocycles. The van der Waals surface area contributed by atoms with Gasteiger partial charge >= 0.3 is 5.97 Å². The van der Waals surface area contributed by atoms with Gasteiger partial charge in [0.25, 0.3) is 5.56 Å². The Kier molecular flexibility index (Phi) is 8.03. The number of rotatable bonds is 7. The van der Waals surface area contributed by atoms with E-state index in [0.717, 1.165) is 0 Å². The molecular weight excluding hydrogens is 537 g/mol. The number of nitrogens with zero attached hydrogens (tertiary/aromatic N) is 3. The van der Waals surface area contributed by atoms with Crippen molar-refractivity contribution in [1.29, 1.82) is 5.26 Å². The van der Waals surface area contributed by atoms with Crippen LogP contribution in [0, 0.1) is 11.3 Å². The molecule has 1 aromatic heterocycles. The molecule has 0 saturated heterocycles. The van der Waals surface area contributed by atoms with Crippen molar-refractivity contribution in [2.45, 2.75) is 19.9 Å². The van der Waals surface area contributed by atoms with Crippen molar-refractivity contribution in [3.05, 3.63) is 88.5 Å². The number of benzene rings is 2. The van der Waals surface area contributed by atoms with Crippen molar-refractivity contribution in [3.63, 3.8) is 0 Å². The molecule has 0 N–H and O–H groups in total. The zero-order valence-electron chi connectivity index (χ0n) is 20.1. The fourth-order valence-corrected chi connectivity index (χ4v) is 5.43. The Balaban J connectivity index is 1.92. The number of carbonyl (C=O) groups is 1. The predicted molar refractivity (Wildman–Crippen MR) is 141 cm³/mol. The number of thiazole rings is 1. The zero-order chi connectivity index (χ0) is 26.7. The number of allylic oxidation sites excluding steroid dienone is 1. The minimum atomic E-state index is -0.875. The smallest absolute Gasteiger partial charge is 0.338 e. The standard InChI is InChI=1S/C26H21Cl2N3O5S/c1-4-35-25(33)21-14(2)30-26-31(23(21)16-6-5-7-17(27)22(16)28)24(32)20(37-26)13-15-8-9-18(36-11-10-29)19(12-15)34-3/h5-9,12-13,23H,4,11H2,1-3H3/b20-13-/t23-/m1/s1. The van der Waals surface area contributed by atoms with E-state index < -0.39 is 12.0 Å². The van der Waals surface area contributed by atoms with Crippen molar-refractivity contribution in [3.8, 4) is 17.6 Å². The lowest BCUT2D eigenvalue weighted by Gasteiger charge is -2.25. The summed E-state index contributed by atoms with van der Waals surface area (Å²) in [7, 11) is 1.49. The third kappa shape index (κ3) is 5.14. The third-order valence-corrected chi connectivity index (χ3v) is 7.39. The van der Waals surface area contributed by atoms with E-state index in [1.165, 1.54) is 23.0 Å². The highest BCUT2D eigenvalue weighted by Crippen LogP contribution is 2.37. The number of fused-ring (bicyclic) bond motifs is 1. The molecule has 1 atom stereocenters. The topological polar surface area (TPSA) is 103 Å². The summed E-state index contributed by atoms with van der Waals surface area (Å²) >= 11 is 14.0. The third-order valence-electron chi connectivity index (χ3n) is 5.57.